The zero-order valence-corrected chi connectivity index (χ0v) is 26.5. The van der Waals surface area contributed by atoms with Gasteiger partial charge in [-0.15, -0.1) is 0 Å². The van der Waals surface area contributed by atoms with Crippen molar-refractivity contribution in [2.45, 2.75) is 22.3 Å². The van der Waals surface area contributed by atoms with E-state index in [0.717, 1.165) is 0 Å². The Balaban J connectivity index is -0.0000000426. The van der Waals surface area contributed by atoms with Gasteiger partial charge in [0.1, 0.15) is 0 Å². The van der Waals surface area contributed by atoms with Gasteiger partial charge in [0.25, 0.3) is 0 Å². The van der Waals surface area contributed by atoms with Crippen molar-refractivity contribution in [3.63, 3.8) is 0 Å². The Labute approximate surface area is 309 Å². The summed E-state index contributed by atoms with van der Waals surface area (Å²) in [5, 5.41) is 5.56. The molecule has 0 atom stereocenters. The van der Waals surface area contributed by atoms with E-state index in [4.69, 9.17) is 82.5 Å². The summed E-state index contributed by atoms with van der Waals surface area (Å²) < 4.78 is 0. The molecule has 0 fully saturated rings. The van der Waals surface area contributed by atoms with Crippen LogP contribution in [0.25, 0.3) is 0 Å². The van der Waals surface area contributed by atoms with Gasteiger partial charge >= 0.3 is 83.6 Å². The molecule has 0 spiro atoms. The summed E-state index contributed by atoms with van der Waals surface area (Å²) in [4.78, 5) is 2.87. The van der Waals surface area contributed by atoms with Gasteiger partial charge in [0, 0.05) is 167 Å². The Morgan fingerprint density at radius 1 is 0.714 bits per heavy atom. The maximum atomic E-state index is 5.72. The second-order valence-corrected chi connectivity index (χ2v) is 5.49. The van der Waals surface area contributed by atoms with E-state index in [1.165, 1.54) is 0 Å². The Morgan fingerprint density at radius 3 is 1.11 bits per heavy atom. The molecule has 0 saturated heterocycles. The van der Waals surface area contributed by atoms with Gasteiger partial charge in [-0.05, 0) is 15.1 Å². The summed E-state index contributed by atoms with van der Waals surface area (Å²) in [5.74, 6) is 3.93. The molecule has 0 unspecified atom stereocenters. The van der Waals surface area contributed by atoms with Crippen LogP contribution in [0.15, 0.2) is 4.90 Å². The van der Waals surface area contributed by atoms with Crippen LogP contribution in [0.3, 0.4) is 0 Å². The first-order valence-electron chi connectivity index (χ1n) is 8.10. The summed E-state index contributed by atoms with van der Waals surface area (Å²) in [6.07, 6.45) is -5.56. The van der Waals surface area contributed by atoms with Crippen molar-refractivity contribution >= 4 is 168 Å². The first-order valence-corrected chi connectivity index (χ1v) is 8.60. The third-order valence-corrected chi connectivity index (χ3v) is 3.32. The average Bonchev–Trinajstić information content (AvgIpc) is 2.66. The topological polar surface area (TPSA) is 62.2 Å². The van der Waals surface area contributed by atoms with Crippen LogP contribution in [0.1, 0.15) is 23.7 Å². The van der Waals surface area contributed by atoms with Gasteiger partial charge in [0.15, 0.2) is 7.85 Å². The smallest absolute Gasteiger partial charge is 0 e. The zero-order valence-electron chi connectivity index (χ0n) is 19.2. The first-order chi connectivity index (χ1) is 13.9. The molecule has 0 aromatic carbocycles. The Kier molecular flexibility index (Phi) is 77.7. The van der Waals surface area contributed by atoms with Crippen molar-refractivity contribution < 1.29 is 83.9 Å². The van der Waals surface area contributed by atoms with E-state index in [-0.39, 0.29) is 106 Å². The van der Waals surface area contributed by atoms with E-state index in [0.29, 0.717) is 0 Å². The predicted octanol–water partition coefficient (Wildman–Crippen LogP) is -8.86. The summed E-state index contributed by atoms with van der Waals surface area (Å²) in [6, 6.07) is 4.00. The van der Waals surface area contributed by atoms with Crippen LogP contribution < -0.4 is 57.1 Å². The summed E-state index contributed by atoms with van der Waals surface area (Å²) >= 11 is 0. The minimum absolute atomic E-state index is 0. The molecule has 3 nitrogen and oxygen atoms in total. The molecular weight excluding hydrogens is 672 g/mol. The second kappa shape index (κ2) is 44.0. The average molecular weight is 691 g/mol. The van der Waals surface area contributed by atoms with Gasteiger partial charge in [0.2, 0.25) is 0 Å². The molecule has 0 aliphatic heterocycles. The largest absolute Gasteiger partial charge is 1.00 e. The third kappa shape index (κ3) is 39.1. The van der Waals surface area contributed by atoms with Gasteiger partial charge in [-0.2, -0.15) is 5.82 Å². The Morgan fingerprint density at radius 2 is 1.00 bits per heavy atom. The Hall–Kier alpha value is 2.94. The monoisotopic (exact) mass is 695 g/mol. The van der Waals surface area contributed by atoms with E-state index in [2.05, 4.69) is 43.0 Å². The quantitative estimate of drug-likeness (QED) is 0.113. The fraction of sp³-hybridized carbons (Fsp3) is 0.429. The van der Waals surface area contributed by atoms with Crippen LogP contribution in [0.2, 0.25) is 0 Å². The zero-order chi connectivity index (χ0) is 24.9. The minimum atomic E-state index is -0.806. The summed E-state index contributed by atoms with van der Waals surface area (Å²) in [5.41, 5.74) is 4.54. The standard InChI is InChI=1S/C2B2N.C2H2BN.3CH4.B19.K.H2NP.U.H/c3-1-2-5-4;3-1-2-4;;;;1-12(2)17(13(3)4)11-18(14(5)6)19(15(7)8)16(9)10;;1-2;;/h;4H2;3*1H4;;;1-2H;;/q;;;;;;+1;;;-1/i;;;;;;;;;1+2. The molecule has 0 saturated carbocycles. The predicted molar refractivity (Wildman–Crippen MR) is 181 cm³/mol. The van der Waals surface area contributed by atoms with Gasteiger partial charge in [0.05, 0.1) is 0 Å². The molecule has 0 aromatic heterocycles. The van der Waals surface area contributed by atoms with Crippen LogP contribution in [-0.2, 0) is 0 Å². The summed E-state index contributed by atoms with van der Waals surface area (Å²) in [7, 11) is 74.1. The number of hydrogen-bond acceptors (Lipinski definition) is 3. The molecule has 0 amide bonds. The number of nitrogens with one attached hydrogen (secondary N) is 1. The van der Waals surface area contributed by atoms with E-state index in [1.54, 1.807) is 7.06 Å². The fourth-order valence-electron chi connectivity index (χ4n) is 2.09. The molecule has 136 valence electrons. The maximum Gasteiger partial charge on any atom is 1.00 e. The SMILES string of the molecule is C.C.C.N=P.[3H-].[B]B([B])B([B]B(B([B])[B])B(B([B])[B])B([B])[B])B([B])[B].[B]C#CN.[B]C#CN=[B].[K+].[U]. The molecule has 0 aliphatic rings. The van der Waals surface area contributed by atoms with Gasteiger partial charge < -0.3 is 7.16 Å². The molecule has 28 heteroatoms. The molecule has 0 aromatic rings. The van der Waals surface area contributed by atoms with Gasteiger partial charge in [-0.1, -0.05) is 22.3 Å². The van der Waals surface area contributed by atoms with E-state index in [1.807, 2.05) is 23.7 Å². The van der Waals surface area contributed by atoms with Crippen molar-refractivity contribution in [1.82, 2.24) is 0 Å². The van der Waals surface area contributed by atoms with Gasteiger partial charge in [-0.3, -0.25) is 5.16 Å². The van der Waals surface area contributed by atoms with Crippen LogP contribution in [0.5, 0.6) is 0 Å². The number of hydrogen-bond donors (Lipinski definition) is 2. The molecule has 0 rings (SSSR count). The van der Waals surface area contributed by atoms with Crippen LogP contribution in [0, 0.1) is 60.0 Å². The number of nitrogens with two attached hydrogens (primary N) is 1. The fourth-order valence-corrected chi connectivity index (χ4v) is 2.09. The molecule has 35 heavy (non-hydrogen) atoms. The first kappa shape index (κ1) is 61.8. The van der Waals surface area contributed by atoms with E-state index < -0.39 is 51.1 Å². The van der Waals surface area contributed by atoms with Crippen molar-refractivity contribution in [3.05, 3.63) is 0 Å². The molecule has 0 bridgehead atoms. The molecule has 26 radical (unpaired) electrons. The van der Waals surface area contributed by atoms with Crippen LogP contribution in [-0.4, -0.2) is 159 Å². The van der Waals surface area contributed by atoms with E-state index >= 15 is 0 Å². The molecule has 3 N–H and O–H groups in total. The Bertz CT molecular complexity index is 523. The normalized spacial score (nSPS) is 5.91. The summed E-state index contributed by atoms with van der Waals surface area (Å²) in [6.45, 7) is 0. The van der Waals surface area contributed by atoms with Crippen molar-refractivity contribution in [3.8, 4) is 23.7 Å². The van der Waals surface area contributed by atoms with Crippen molar-refractivity contribution in [2.75, 3.05) is 0 Å². The third-order valence-electron chi connectivity index (χ3n) is 3.32. The number of nitrogens with zero attached hydrogens (tertiary/aromatic N) is 1. The number of rotatable bonds is 8. The molecule has 0 aliphatic carbocycles. The van der Waals surface area contributed by atoms with Crippen molar-refractivity contribution in [2.24, 2.45) is 10.6 Å². The molecular formula is C7H17B22KN3PU. The van der Waals surface area contributed by atoms with Gasteiger partial charge in [-0.25, -0.2) is 0 Å². The molecule has 0 heterocycles. The van der Waals surface area contributed by atoms with Crippen LogP contribution in [0.4, 0.5) is 0 Å². The van der Waals surface area contributed by atoms with Crippen molar-refractivity contribution in [1.29, 1.82) is 5.16 Å². The minimum Gasteiger partial charge on any atom is 0 e. The second-order valence-electron chi connectivity index (χ2n) is 5.49. The maximum absolute atomic E-state index is 5.72. The van der Waals surface area contributed by atoms with Crippen LogP contribution >= 0.6 is 9.03 Å². The van der Waals surface area contributed by atoms with E-state index in [9.17, 15) is 0 Å².